The zero-order valence-corrected chi connectivity index (χ0v) is 14.0. The maximum atomic E-state index is 12.7. The Balaban J connectivity index is 1.99. The van der Waals surface area contributed by atoms with Crippen LogP contribution in [0.15, 0.2) is 53.4 Å². The standard InChI is InChI=1S/C18H15NOS2/c1-12-7-6-10-15(13(12)2)19-17(20)16(22-18(19)21)11-14-8-4-3-5-9-14/h3-11H,1-2H3/b16-11-. The van der Waals surface area contributed by atoms with E-state index in [0.717, 1.165) is 22.4 Å². The van der Waals surface area contributed by atoms with Crippen molar-refractivity contribution in [1.29, 1.82) is 0 Å². The molecule has 1 amide bonds. The lowest BCUT2D eigenvalue weighted by Crippen LogP contribution is -2.28. The zero-order chi connectivity index (χ0) is 15.7. The van der Waals surface area contributed by atoms with Crippen molar-refractivity contribution >= 4 is 46.0 Å². The highest BCUT2D eigenvalue weighted by Gasteiger charge is 2.34. The Morgan fingerprint density at radius 1 is 1.05 bits per heavy atom. The summed E-state index contributed by atoms with van der Waals surface area (Å²) in [5.74, 6) is -0.0486. The maximum absolute atomic E-state index is 12.7. The fraction of sp³-hybridized carbons (Fsp3) is 0.111. The molecule has 0 spiro atoms. The van der Waals surface area contributed by atoms with Crippen LogP contribution in [0.3, 0.4) is 0 Å². The number of rotatable bonds is 2. The van der Waals surface area contributed by atoms with E-state index in [-0.39, 0.29) is 5.91 Å². The maximum Gasteiger partial charge on any atom is 0.270 e. The van der Waals surface area contributed by atoms with Gasteiger partial charge in [0, 0.05) is 0 Å². The molecule has 1 fully saturated rings. The molecule has 3 rings (SSSR count). The van der Waals surface area contributed by atoms with Gasteiger partial charge < -0.3 is 0 Å². The Bertz CT molecular complexity index is 781. The van der Waals surface area contributed by atoms with Crippen molar-refractivity contribution in [3.63, 3.8) is 0 Å². The molecule has 2 aromatic rings. The Labute approximate surface area is 139 Å². The fourth-order valence-electron chi connectivity index (χ4n) is 2.35. The molecule has 0 atom stereocenters. The van der Waals surface area contributed by atoms with Crippen LogP contribution in [0.2, 0.25) is 0 Å². The smallest absolute Gasteiger partial charge is 0.268 e. The number of anilines is 1. The number of thioether (sulfide) groups is 1. The van der Waals surface area contributed by atoms with Crippen LogP contribution in [0.5, 0.6) is 0 Å². The normalized spacial score (nSPS) is 16.6. The Morgan fingerprint density at radius 2 is 1.77 bits per heavy atom. The molecule has 22 heavy (non-hydrogen) atoms. The molecule has 4 heteroatoms. The third kappa shape index (κ3) is 2.72. The SMILES string of the molecule is Cc1cccc(N2C(=O)/C(=C/c3ccccc3)SC2=S)c1C. The summed E-state index contributed by atoms with van der Waals surface area (Å²) in [5.41, 5.74) is 4.11. The second kappa shape index (κ2) is 6.07. The number of amides is 1. The van der Waals surface area contributed by atoms with Crippen molar-refractivity contribution in [1.82, 2.24) is 0 Å². The van der Waals surface area contributed by atoms with Gasteiger partial charge in [-0.15, -0.1) is 0 Å². The van der Waals surface area contributed by atoms with Crippen LogP contribution in [0.25, 0.3) is 6.08 Å². The van der Waals surface area contributed by atoms with Gasteiger partial charge in [0.15, 0.2) is 4.32 Å². The van der Waals surface area contributed by atoms with Crippen molar-refractivity contribution in [2.24, 2.45) is 0 Å². The monoisotopic (exact) mass is 325 g/mol. The lowest BCUT2D eigenvalue weighted by atomic mass is 10.1. The highest BCUT2D eigenvalue weighted by atomic mass is 32.2. The molecule has 0 unspecified atom stereocenters. The average molecular weight is 325 g/mol. The molecule has 0 radical (unpaired) electrons. The first kappa shape index (κ1) is 15.0. The number of carbonyl (C=O) groups is 1. The van der Waals surface area contributed by atoms with Gasteiger partial charge in [0.1, 0.15) is 0 Å². The van der Waals surface area contributed by atoms with Crippen molar-refractivity contribution < 1.29 is 4.79 Å². The van der Waals surface area contributed by atoms with E-state index >= 15 is 0 Å². The second-order valence-electron chi connectivity index (χ2n) is 5.15. The number of benzene rings is 2. The van der Waals surface area contributed by atoms with Gasteiger partial charge >= 0.3 is 0 Å². The Kier molecular flexibility index (Phi) is 4.14. The van der Waals surface area contributed by atoms with Gasteiger partial charge in [-0.05, 0) is 42.7 Å². The van der Waals surface area contributed by atoms with Gasteiger partial charge in [-0.3, -0.25) is 9.69 Å². The summed E-state index contributed by atoms with van der Waals surface area (Å²) in [7, 11) is 0. The molecule has 2 nitrogen and oxygen atoms in total. The number of hydrogen-bond donors (Lipinski definition) is 0. The van der Waals surface area contributed by atoms with Crippen LogP contribution in [-0.4, -0.2) is 10.2 Å². The molecule has 1 aliphatic heterocycles. The van der Waals surface area contributed by atoms with Gasteiger partial charge in [0.05, 0.1) is 10.6 Å². The lowest BCUT2D eigenvalue weighted by molar-refractivity contribution is -0.113. The molecule has 2 aromatic carbocycles. The molecule has 1 heterocycles. The second-order valence-corrected chi connectivity index (χ2v) is 6.82. The van der Waals surface area contributed by atoms with E-state index in [0.29, 0.717) is 9.23 Å². The summed E-state index contributed by atoms with van der Waals surface area (Å²) in [5, 5.41) is 0. The molecule has 0 N–H and O–H groups in total. The quantitative estimate of drug-likeness (QED) is 0.589. The first-order valence-electron chi connectivity index (χ1n) is 6.97. The largest absolute Gasteiger partial charge is 0.270 e. The number of thiocarbonyl (C=S) groups is 1. The van der Waals surface area contributed by atoms with E-state index in [9.17, 15) is 4.79 Å². The average Bonchev–Trinajstić information content (AvgIpc) is 2.78. The number of nitrogens with zero attached hydrogens (tertiary/aromatic N) is 1. The summed E-state index contributed by atoms with van der Waals surface area (Å²) in [6, 6.07) is 15.8. The van der Waals surface area contributed by atoms with E-state index in [2.05, 4.69) is 0 Å². The summed E-state index contributed by atoms with van der Waals surface area (Å²) in [6.45, 7) is 4.06. The molecule has 1 saturated heterocycles. The highest BCUT2D eigenvalue weighted by Crippen LogP contribution is 2.37. The minimum Gasteiger partial charge on any atom is -0.268 e. The van der Waals surface area contributed by atoms with E-state index in [1.165, 1.54) is 11.8 Å². The van der Waals surface area contributed by atoms with Gasteiger partial charge in [0.2, 0.25) is 0 Å². The third-order valence-electron chi connectivity index (χ3n) is 3.71. The summed E-state index contributed by atoms with van der Waals surface area (Å²) >= 11 is 6.78. The van der Waals surface area contributed by atoms with Gasteiger partial charge in [0.25, 0.3) is 5.91 Å². The first-order valence-corrected chi connectivity index (χ1v) is 8.19. The van der Waals surface area contributed by atoms with Crippen LogP contribution in [0.1, 0.15) is 16.7 Å². The number of hydrogen-bond acceptors (Lipinski definition) is 3. The molecule has 0 saturated carbocycles. The minimum absolute atomic E-state index is 0.0486. The third-order valence-corrected chi connectivity index (χ3v) is 5.01. The van der Waals surface area contributed by atoms with Gasteiger partial charge in [-0.2, -0.15) is 0 Å². The van der Waals surface area contributed by atoms with Crippen LogP contribution in [-0.2, 0) is 4.79 Å². The van der Waals surface area contributed by atoms with Gasteiger partial charge in [-0.1, -0.05) is 66.4 Å². The predicted octanol–water partition coefficient (Wildman–Crippen LogP) is 4.71. The van der Waals surface area contributed by atoms with Crippen LogP contribution < -0.4 is 4.90 Å². The van der Waals surface area contributed by atoms with Crippen LogP contribution >= 0.6 is 24.0 Å². The molecule has 0 aliphatic carbocycles. The van der Waals surface area contributed by atoms with Crippen LogP contribution in [0, 0.1) is 13.8 Å². The summed E-state index contributed by atoms with van der Waals surface area (Å²) < 4.78 is 0.584. The fourth-order valence-corrected chi connectivity index (χ4v) is 3.64. The van der Waals surface area contributed by atoms with E-state index in [1.54, 1.807) is 4.90 Å². The highest BCUT2D eigenvalue weighted by molar-refractivity contribution is 8.27. The van der Waals surface area contributed by atoms with Crippen molar-refractivity contribution in [2.45, 2.75) is 13.8 Å². The van der Waals surface area contributed by atoms with E-state index < -0.39 is 0 Å². The summed E-state index contributed by atoms with van der Waals surface area (Å²) in [6.07, 6.45) is 1.89. The van der Waals surface area contributed by atoms with E-state index in [1.807, 2.05) is 68.5 Å². The van der Waals surface area contributed by atoms with Crippen molar-refractivity contribution in [2.75, 3.05) is 4.90 Å². The molecular weight excluding hydrogens is 310 g/mol. The van der Waals surface area contributed by atoms with Crippen molar-refractivity contribution in [3.8, 4) is 0 Å². The van der Waals surface area contributed by atoms with Crippen molar-refractivity contribution in [3.05, 3.63) is 70.1 Å². The number of carbonyl (C=O) groups excluding carboxylic acids is 1. The predicted molar refractivity (Wildman–Crippen MR) is 98.0 cm³/mol. The number of aryl methyl sites for hydroxylation is 1. The Morgan fingerprint density at radius 3 is 2.50 bits per heavy atom. The zero-order valence-electron chi connectivity index (χ0n) is 12.4. The summed E-state index contributed by atoms with van der Waals surface area (Å²) in [4.78, 5) is 15.0. The molecule has 1 aliphatic rings. The lowest BCUT2D eigenvalue weighted by Gasteiger charge is -2.18. The molecule has 0 aromatic heterocycles. The topological polar surface area (TPSA) is 20.3 Å². The van der Waals surface area contributed by atoms with Gasteiger partial charge in [-0.25, -0.2) is 0 Å². The van der Waals surface area contributed by atoms with E-state index in [4.69, 9.17) is 12.2 Å². The minimum atomic E-state index is -0.0486. The Hall–Kier alpha value is -1.91. The molecule has 0 bridgehead atoms. The molecular formula is C18H15NOS2. The van der Waals surface area contributed by atoms with Crippen LogP contribution in [0.4, 0.5) is 5.69 Å². The molecule has 110 valence electrons. The first-order chi connectivity index (χ1) is 10.6.